The number of carbonyl (C=O) groups excluding carboxylic acids is 2. The van der Waals surface area contributed by atoms with Gasteiger partial charge in [-0.15, -0.1) is 0 Å². The molecule has 0 aromatic rings. The maximum atomic E-state index is 10.2. The maximum absolute atomic E-state index is 10.2. The number of isocyanates is 1. The van der Waals surface area contributed by atoms with Crippen molar-refractivity contribution in [2.24, 2.45) is 4.99 Å². The van der Waals surface area contributed by atoms with Gasteiger partial charge in [-0.2, -0.15) is 0 Å². The number of hydrogen-bond donors (Lipinski definition) is 0. The molecular weight excluding hydrogens is 158 g/mol. The molecule has 0 aliphatic rings. The second kappa shape index (κ2) is 4.97. The van der Waals surface area contributed by atoms with Crippen LogP contribution in [0.4, 0.5) is 0 Å². The smallest absolute Gasteiger partial charge is 0.304 e. The third-order valence-corrected chi connectivity index (χ3v) is 0.820. The SMILES string of the molecule is CC(=O)OC(Cl)CN=C=O. The highest BCUT2D eigenvalue weighted by Crippen LogP contribution is 1.97. The van der Waals surface area contributed by atoms with Gasteiger partial charge < -0.3 is 4.74 Å². The van der Waals surface area contributed by atoms with Gasteiger partial charge in [0.1, 0.15) is 6.54 Å². The molecule has 0 spiro atoms. The van der Waals surface area contributed by atoms with Crippen LogP contribution >= 0.6 is 11.6 Å². The summed E-state index contributed by atoms with van der Waals surface area (Å²) in [5, 5.41) is 0. The number of esters is 1. The predicted molar refractivity (Wildman–Crippen MR) is 34.4 cm³/mol. The van der Waals surface area contributed by atoms with Crippen LogP contribution in [-0.2, 0) is 14.3 Å². The van der Waals surface area contributed by atoms with Crippen LogP contribution in [0, 0.1) is 0 Å². The topological polar surface area (TPSA) is 55.7 Å². The number of aliphatic imine (C=N–C) groups is 1. The van der Waals surface area contributed by atoms with Crippen LogP contribution in [-0.4, -0.2) is 24.2 Å². The van der Waals surface area contributed by atoms with Crippen LogP contribution in [0.25, 0.3) is 0 Å². The van der Waals surface area contributed by atoms with E-state index >= 15 is 0 Å². The first kappa shape index (κ1) is 9.14. The summed E-state index contributed by atoms with van der Waals surface area (Å²) in [4.78, 5) is 22.8. The first-order valence-corrected chi connectivity index (χ1v) is 2.95. The maximum Gasteiger partial charge on any atom is 0.304 e. The van der Waals surface area contributed by atoms with Crippen molar-refractivity contribution in [2.75, 3.05) is 6.54 Å². The molecule has 0 amide bonds. The van der Waals surface area contributed by atoms with Crippen LogP contribution in [0.15, 0.2) is 4.99 Å². The molecule has 1 atom stereocenters. The molecular formula is C5H6ClNO3. The minimum atomic E-state index is -0.862. The molecule has 0 N–H and O–H groups in total. The van der Waals surface area contributed by atoms with Gasteiger partial charge in [-0.25, -0.2) is 9.79 Å². The number of carbonyl (C=O) groups is 1. The average Bonchev–Trinajstić information content (AvgIpc) is 1.82. The minimum absolute atomic E-state index is 0.0510. The van der Waals surface area contributed by atoms with Gasteiger partial charge in [-0.3, -0.25) is 4.79 Å². The number of nitrogens with zero attached hydrogens (tertiary/aromatic N) is 1. The molecule has 4 nitrogen and oxygen atoms in total. The Labute approximate surface area is 62.8 Å². The van der Waals surface area contributed by atoms with E-state index in [4.69, 9.17) is 11.6 Å². The van der Waals surface area contributed by atoms with Crippen LogP contribution in [0.3, 0.4) is 0 Å². The summed E-state index contributed by atoms with van der Waals surface area (Å²) in [5.41, 5.74) is -0.862. The average molecular weight is 164 g/mol. The lowest BCUT2D eigenvalue weighted by Crippen LogP contribution is -2.12. The number of ether oxygens (including phenoxy) is 1. The number of rotatable bonds is 3. The standard InChI is InChI=1S/C5H6ClNO3/c1-4(9)10-5(6)2-7-3-8/h5H,2H2,1H3. The van der Waals surface area contributed by atoms with Gasteiger partial charge in [-0.05, 0) is 0 Å². The Morgan fingerprint density at radius 2 is 2.50 bits per heavy atom. The summed E-state index contributed by atoms with van der Waals surface area (Å²) in [7, 11) is 0. The molecule has 0 heterocycles. The van der Waals surface area contributed by atoms with E-state index in [0.29, 0.717) is 0 Å². The number of halogens is 1. The van der Waals surface area contributed by atoms with Gasteiger partial charge in [0, 0.05) is 6.92 Å². The quantitative estimate of drug-likeness (QED) is 0.263. The number of hydrogen-bond acceptors (Lipinski definition) is 4. The first-order valence-electron chi connectivity index (χ1n) is 2.51. The van der Waals surface area contributed by atoms with Gasteiger partial charge in [0.2, 0.25) is 6.08 Å². The zero-order chi connectivity index (χ0) is 7.98. The summed E-state index contributed by atoms with van der Waals surface area (Å²) >= 11 is 5.34. The van der Waals surface area contributed by atoms with E-state index in [9.17, 15) is 9.59 Å². The molecule has 0 bridgehead atoms. The van der Waals surface area contributed by atoms with Crippen molar-refractivity contribution in [3.63, 3.8) is 0 Å². The Morgan fingerprint density at radius 3 is 2.90 bits per heavy atom. The molecule has 1 unspecified atom stereocenters. The largest absolute Gasteiger partial charge is 0.444 e. The summed E-state index contributed by atoms with van der Waals surface area (Å²) in [6.07, 6.45) is 1.27. The molecule has 0 saturated heterocycles. The monoisotopic (exact) mass is 163 g/mol. The van der Waals surface area contributed by atoms with Crippen LogP contribution in [0.5, 0.6) is 0 Å². The van der Waals surface area contributed by atoms with Crippen molar-refractivity contribution in [2.45, 2.75) is 12.5 Å². The molecule has 0 aliphatic carbocycles. The minimum Gasteiger partial charge on any atom is -0.444 e. The summed E-state index contributed by atoms with van der Waals surface area (Å²) < 4.78 is 4.41. The third kappa shape index (κ3) is 5.28. The van der Waals surface area contributed by atoms with E-state index in [1.807, 2.05) is 0 Å². The molecule has 0 aliphatic heterocycles. The summed E-state index contributed by atoms with van der Waals surface area (Å²) in [5.74, 6) is -0.499. The van der Waals surface area contributed by atoms with Gasteiger partial charge in [0.25, 0.3) is 0 Å². The van der Waals surface area contributed by atoms with Gasteiger partial charge in [0.15, 0.2) is 5.56 Å². The normalized spacial score (nSPS) is 11.4. The lowest BCUT2D eigenvalue weighted by molar-refractivity contribution is -0.142. The van der Waals surface area contributed by atoms with Gasteiger partial charge in [-0.1, -0.05) is 11.6 Å². The summed E-state index contributed by atoms with van der Waals surface area (Å²) in [6, 6.07) is 0. The van der Waals surface area contributed by atoms with Crippen molar-refractivity contribution >= 4 is 23.7 Å². The van der Waals surface area contributed by atoms with Gasteiger partial charge >= 0.3 is 5.97 Å². The van der Waals surface area contributed by atoms with E-state index in [2.05, 4.69) is 9.73 Å². The highest BCUT2D eigenvalue weighted by molar-refractivity contribution is 6.20. The molecule has 56 valence electrons. The second-order valence-corrected chi connectivity index (χ2v) is 1.94. The zero-order valence-corrected chi connectivity index (χ0v) is 6.09. The fourth-order valence-electron chi connectivity index (χ4n) is 0.326. The fourth-order valence-corrected chi connectivity index (χ4v) is 0.521. The molecule has 5 heteroatoms. The molecule has 10 heavy (non-hydrogen) atoms. The lowest BCUT2D eigenvalue weighted by Gasteiger charge is -2.03. The first-order chi connectivity index (χ1) is 4.66. The highest BCUT2D eigenvalue weighted by Gasteiger charge is 2.04. The van der Waals surface area contributed by atoms with Crippen LogP contribution in [0.2, 0.25) is 0 Å². The Hall–Kier alpha value is -0.860. The van der Waals surface area contributed by atoms with E-state index < -0.39 is 11.5 Å². The predicted octanol–water partition coefficient (Wildman–Crippen LogP) is 0.450. The number of alkyl halides is 1. The van der Waals surface area contributed by atoms with Crippen molar-refractivity contribution in [1.82, 2.24) is 0 Å². The van der Waals surface area contributed by atoms with Crippen molar-refractivity contribution in [3.05, 3.63) is 0 Å². The molecule has 0 radical (unpaired) electrons. The molecule has 0 aromatic heterocycles. The lowest BCUT2D eigenvalue weighted by atomic mass is 10.7. The Bertz CT molecular complexity index is 160. The Balaban J connectivity index is 3.52. The summed E-state index contributed by atoms with van der Waals surface area (Å²) in [6.45, 7) is 1.17. The van der Waals surface area contributed by atoms with E-state index in [0.717, 1.165) is 0 Å². The van der Waals surface area contributed by atoms with Gasteiger partial charge in [0.05, 0.1) is 0 Å². The van der Waals surface area contributed by atoms with Crippen molar-refractivity contribution in [3.8, 4) is 0 Å². The molecule has 0 saturated carbocycles. The Morgan fingerprint density at radius 1 is 1.90 bits per heavy atom. The molecule has 0 aromatic carbocycles. The van der Waals surface area contributed by atoms with Crippen molar-refractivity contribution in [1.29, 1.82) is 0 Å². The van der Waals surface area contributed by atoms with Crippen molar-refractivity contribution < 1.29 is 14.3 Å². The molecule has 0 rings (SSSR count). The Kier molecular flexibility index (Phi) is 4.54. The van der Waals surface area contributed by atoms with E-state index in [1.165, 1.54) is 13.0 Å². The van der Waals surface area contributed by atoms with E-state index in [-0.39, 0.29) is 6.54 Å². The fraction of sp³-hybridized carbons (Fsp3) is 0.600. The van der Waals surface area contributed by atoms with Crippen LogP contribution in [0.1, 0.15) is 6.92 Å². The second-order valence-electron chi connectivity index (χ2n) is 1.45. The highest BCUT2D eigenvalue weighted by atomic mass is 35.5. The molecule has 0 fully saturated rings. The third-order valence-electron chi connectivity index (χ3n) is 0.593. The van der Waals surface area contributed by atoms with E-state index in [1.54, 1.807) is 0 Å². The zero-order valence-electron chi connectivity index (χ0n) is 5.33. The van der Waals surface area contributed by atoms with Crippen LogP contribution < -0.4 is 0 Å².